The molecule has 27 heavy (non-hydrogen) atoms. The quantitative estimate of drug-likeness (QED) is 0.599. The van der Waals surface area contributed by atoms with Gasteiger partial charge < -0.3 is 19.8 Å². The average molecular weight is 372 g/mol. The van der Waals surface area contributed by atoms with Gasteiger partial charge in [-0.2, -0.15) is 0 Å². The number of amides is 1. The first-order chi connectivity index (χ1) is 12.8. The molecule has 1 saturated heterocycles. The molecule has 1 aliphatic heterocycles. The van der Waals surface area contributed by atoms with E-state index in [4.69, 9.17) is 4.74 Å². The Kier molecular flexibility index (Phi) is 5.16. The molecule has 8 nitrogen and oxygen atoms in total. The van der Waals surface area contributed by atoms with Gasteiger partial charge in [0.25, 0.3) is 0 Å². The van der Waals surface area contributed by atoms with Gasteiger partial charge >= 0.3 is 11.9 Å². The van der Waals surface area contributed by atoms with Crippen LogP contribution in [0.15, 0.2) is 36.5 Å². The van der Waals surface area contributed by atoms with Crippen LogP contribution >= 0.6 is 0 Å². The molecule has 0 radical (unpaired) electrons. The van der Waals surface area contributed by atoms with Crippen LogP contribution in [0.5, 0.6) is 0 Å². The minimum absolute atomic E-state index is 0.00285. The summed E-state index contributed by atoms with van der Waals surface area (Å²) in [6.45, 7) is 6.45. The third kappa shape index (κ3) is 4.27. The lowest BCUT2D eigenvalue weighted by molar-refractivity contribution is -0.392. The minimum Gasteiger partial charge on any atom is -0.444 e. The van der Waals surface area contributed by atoms with Crippen molar-refractivity contribution >= 4 is 11.9 Å². The van der Waals surface area contributed by atoms with Crippen molar-refractivity contribution in [3.63, 3.8) is 0 Å². The predicted molar refractivity (Wildman–Crippen MR) is 100 cm³/mol. The van der Waals surface area contributed by atoms with Gasteiger partial charge in [-0.1, -0.05) is 35.4 Å². The summed E-state index contributed by atoms with van der Waals surface area (Å²) in [5.74, 6) is -0.00285. The molecule has 0 bridgehead atoms. The molecule has 1 amide bonds. The highest BCUT2D eigenvalue weighted by Gasteiger charge is 2.34. The predicted octanol–water partition coefficient (Wildman–Crippen LogP) is 4.03. The molecule has 0 aliphatic carbocycles. The second-order valence-corrected chi connectivity index (χ2v) is 7.65. The first-order valence-electron chi connectivity index (χ1n) is 9.01. The Balaban J connectivity index is 1.76. The van der Waals surface area contributed by atoms with E-state index in [1.54, 1.807) is 11.1 Å². The maximum absolute atomic E-state index is 12.2. The van der Waals surface area contributed by atoms with Crippen LogP contribution in [0.2, 0.25) is 0 Å². The van der Waals surface area contributed by atoms with Crippen LogP contribution in [-0.2, 0) is 4.74 Å². The highest BCUT2D eigenvalue weighted by atomic mass is 16.6. The second kappa shape index (κ2) is 7.38. The van der Waals surface area contributed by atoms with Crippen LogP contribution in [0.1, 0.15) is 39.7 Å². The molecule has 8 heteroatoms. The molecule has 1 aliphatic rings. The zero-order valence-corrected chi connectivity index (χ0v) is 15.8. The van der Waals surface area contributed by atoms with Crippen LogP contribution in [0, 0.1) is 10.1 Å². The summed E-state index contributed by atoms with van der Waals surface area (Å²) in [5, 5.41) is 16.0. The number of nitro groups is 1. The Labute approximate surface area is 157 Å². The zero-order chi connectivity index (χ0) is 19.6. The number of benzene rings is 1. The molecule has 0 saturated carbocycles. The smallest absolute Gasteiger partial charge is 0.410 e. The van der Waals surface area contributed by atoms with Crippen LogP contribution < -0.4 is 0 Å². The molecule has 0 N–H and O–H groups in total. The van der Waals surface area contributed by atoms with E-state index in [0.29, 0.717) is 31.5 Å². The molecule has 1 aromatic carbocycles. The lowest BCUT2D eigenvalue weighted by atomic mass is 10.0. The molecule has 0 atom stereocenters. The maximum atomic E-state index is 12.2. The molecule has 0 spiro atoms. The first kappa shape index (κ1) is 18.9. The summed E-state index contributed by atoms with van der Waals surface area (Å²) in [4.78, 5) is 25.2. The highest BCUT2D eigenvalue weighted by molar-refractivity contribution is 5.71. The van der Waals surface area contributed by atoms with E-state index in [2.05, 4.69) is 5.10 Å². The van der Waals surface area contributed by atoms with Crippen molar-refractivity contribution in [1.29, 1.82) is 0 Å². The summed E-state index contributed by atoms with van der Waals surface area (Å²) < 4.78 is 6.89. The highest BCUT2D eigenvalue weighted by Crippen LogP contribution is 2.34. The number of ether oxygens (including phenoxy) is 1. The van der Waals surface area contributed by atoms with Crippen molar-refractivity contribution in [1.82, 2.24) is 14.7 Å². The molecule has 2 aromatic rings. The number of hydrogen-bond donors (Lipinski definition) is 0. The van der Waals surface area contributed by atoms with Crippen molar-refractivity contribution in [3.05, 3.63) is 46.6 Å². The Morgan fingerprint density at radius 1 is 1.22 bits per heavy atom. The molecule has 1 aromatic heterocycles. The average Bonchev–Trinajstić information content (AvgIpc) is 3.06. The Bertz CT molecular complexity index is 818. The van der Waals surface area contributed by atoms with Crippen LogP contribution in [0.3, 0.4) is 0 Å². The molecule has 144 valence electrons. The molecule has 2 heterocycles. The number of piperidine rings is 1. The summed E-state index contributed by atoms with van der Waals surface area (Å²) in [5.41, 5.74) is 0.732. The van der Waals surface area contributed by atoms with Crippen LogP contribution in [-0.4, -0.2) is 44.4 Å². The number of carbonyl (C=O) groups excluding carboxylic acids is 1. The third-order valence-corrected chi connectivity index (χ3v) is 4.49. The first-order valence-corrected chi connectivity index (χ1v) is 9.01. The number of aromatic nitrogens is 2. The van der Waals surface area contributed by atoms with E-state index < -0.39 is 5.60 Å². The maximum Gasteiger partial charge on any atom is 0.410 e. The van der Waals surface area contributed by atoms with Crippen molar-refractivity contribution in [2.75, 3.05) is 13.1 Å². The second-order valence-electron chi connectivity index (χ2n) is 7.65. The van der Waals surface area contributed by atoms with Crippen molar-refractivity contribution in [2.45, 2.75) is 45.3 Å². The van der Waals surface area contributed by atoms with E-state index in [1.165, 1.54) is 4.68 Å². The van der Waals surface area contributed by atoms with Gasteiger partial charge in [0.05, 0.1) is 11.8 Å². The van der Waals surface area contributed by atoms with Gasteiger partial charge in [-0.25, -0.2) is 4.79 Å². The summed E-state index contributed by atoms with van der Waals surface area (Å²) >= 11 is 0. The largest absolute Gasteiger partial charge is 0.444 e. The van der Waals surface area contributed by atoms with E-state index >= 15 is 0 Å². The SMILES string of the molecule is CC(C)(C)OC(=O)N1CCC(n2ncc(-c3ccccc3)c2[N+](=O)[O-])CC1. The van der Waals surface area contributed by atoms with Crippen molar-refractivity contribution < 1.29 is 14.5 Å². The zero-order valence-electron chi connectivity index (χ0n) is 15.8. The number of carbonyl (C=O) groups is 1. The molecule has 3 rings (SSSR count). The lowest BCUT2D eigenvalue weighted by Crippen LogP contribution is -2.42. The van der Waals surface area contributed by atoms with Gasteiger partial charge in [0.2, 0.25) is 0 Å². The number of likely N-dealkylation sites (tertiary alicyclic amines) is 1. The fourth-order valence-corrected chi connectivity index (χ4v) is 3.25. The van der Waals surface area contributed by atoms with E-state index in [0.717, 1.165) is 5.56 Å². The van der Waals surface area contributed by atoms with Crippen LogP contribution in [0.4, 0.5) is 10.6 Å². The number of rotatable bonds is 3. The van der Waals surface area contributed by atoms with Crippen molar-refractivity contribution in [3.8, 4) is 11.1 Å². The summed E-state index contributed by atoms with van der Waals surface area (Å²) in [7, 11) is 0. The summed E-state index contributed by atoms with van der Waals surface area (Å²) in [6, 6.07) is 9.10. The normalized spacial score (nSPS) is 15.6. The van der Waals surface area contributed by atoms with E-state index in [-0.39, 0.29) is 22.9 Å². The Morgan fingerprint density at radius 2 is 1.85 bits per heavy atom. The lowest BCUT2D eigenvalue weighted by Gasteiger charge is -2.32. The van der Waals surface area contributed by atoms with Gasteiger partial charge in [0.1, 0.15) is 11.6 Å². The molecular formula is C19H24N4O4. The molecule has 1 fully saturated rings. The molecule has 0 unspecified atom stereocenters. The Morgan fingerprint density at radius 3 is 2.41 bits per heavy atom. The third-order valence-electron chi connectivity index (χ3n) is 4.49. The van der Waals surface area contributed by atoms with Crippen LogP contribution in [0.25, 0.3) is 11.1 Å². The minimum atomic E-state index is -0.542. The standard InChI is InChI=1S/C19H24N4O4/c1-19(2,3)27-18(24)21-11-9-15(10-12-21)22-17(23(25)26)16(13-20-22)14-7-5-4-6-8-14/h4-8,13,15H,9-12H2,1-3H3. The topological polar surface area (TPSA) is 90.5 Å². The fraction of sp³-hybridized carbons (Fsp3) is 0.474. The number of hydrogen-bond acceptors (Lipinski definition) is 5. The van der Waals surface area contributed by atoms with E-state index in [1.807, 2.05) is 51.1 Å². The van der Waals surface area contributed by atoms with Gasteiger partial charge in [-0.05, 0) is 31.3 Å². The van der Waals surface area contributed by atoms with Gasteiger partial charge in [-0.3, -0.25) is 0 Å². The fourth-order valence-electron chi connectivity index (χ4n) is 3.25. The number of nitrogens with zero attached hydrogens (tertiary/aromatic N) is 4. The monoisotopic (exact) mass is 372 g/mol. The summed E-state index contributed by atoms with van der Waals surface area (Å²) in [6.07, 6.45) is 2.39. The molecular weight excluding hydrogens is 348 g/mol. The Hall–Kier alpha value is -2.90. The van der Waals surface area contributed by atoms with Crippen molar-refractivity contribution in [2.24, 2.45) is 0 Å². The van der Waals surface area contributed by atoms with Gasteiger partial charge in [0, 0.05) is 25.9 Å². The van der Waals surface area contributed by atoms with Gasteiger partial charge in [0.15, 0.2) is 0 Å². The van der Waals surface area contributed by atoms with Gasteiger partial charge in [-0.15, -0.1) is 4.68 Å². The van der Waals surface area contributed by atoms with E-state index in [9.17, 15) is 14.9 Å².